The van der Waals surface area contributed by atoms with Gasteiger partial charge in [0.05, 0.1) is 6.54 Å². The summed E-state index contributed by atoms with van der Waals surface area (Å²) in [5.74, 6) is -0.367. The van der Waals surface area contributed by atoms with E-state index in [1.165, 1.54) is 6.92 Å². The van der Waals surface area contributed by atoms with Crippen LogP contribution in [0.15, 0.2) is 0 Å². The topological polar surface area (TPSA) is 64.6 Å². The predicted molar refractivity (Wildman–Crippen MR) is 55.5 cm³/mol. The number of hydrogen-bond acceptors (Lipinski definition) is 4. The Labute approximate surface area is 90.1 Å². The minimum absolute atomic E-state index is 0.245. The van der Waals surface area contributed by atoms with Gasteiger partial charge in [0.1, 0.15) is 11.7 Å². The second kappa shape index (κ2) is 5.58. The zero-order valence-electron chi connectivity index (χ0n) is 9.92. The predicted octanol–water partition coefficient (Wildman–Crippen LogP) is 1.46. The Bertz CT molecular complexity index is 232. The van der Waals surface area contributed by atoms with Crippen LogP contribution >= 0.6 is 0 Å². The lowest BCUT2D eigenvalue weighted by molar-refractivity contribution is -0.145. The Hall–Kier alpha value is -1.26. The molecule has 0 aromatic carbocycles. The molecule has 0 aliphatic carbocycles. The first-order valence-electron chi connectivity index (χ1n) is 4.85. The van der Waals surface area contributed by atoms with E-state index in [4.69, 9.17) is 9.47 Å². The average molecular weight is 217 g/mol. The lowest BCUT2D eigenvalue weighted by Crippen LogP contribution is -2.37. The molecule has 0 aromatic heterocycles. The molecule has 0 aliphatic rings. The highest BCUT2D eigenvalue weighted by Crippen LogP contribution is 2.06. The SMILES string of the molecule is CC(=O)OC(C)CNC(=O)OC(C)(C)C. The second-order valence-electron chi connectivity index (χ2n) is 4.30. The summed E-state index contributed by atoms with van der Waals surface area (Å²) in [4.78, 5) is 21.7. The fourth-order valence-corrected chi connectivity index (χ4v) is 0.866. The minimum atomic E-state index is -0.519. The summed E-state index contributed by atoms with van der Waals surface area (Å²) in [7, 11) is 0. The van der Waals surface area contributed by atoms with E-state index in [1.54, 1.807) is 27.7 Å². The third-order valence-electron chi connectivity index (χ3n) is 1.30. The molecule has 1 amide bonds. The maximum absolute atomic E-state index is 11.2. The molecule has 0 rings (SSSR count). The van der Waals surface area contributed by atoms with Crippen LogP contribution in [0.25, 0.3) is 0 Å². The number of rotatable bonds is 3. The fourth-order valence-electron chi connectivity index (χ4n) is 0.866. The van der Waals surface area contributed by atoms with Gasteiger partial charge in [0.25, 0.3) is 0 Å². The number of esters is 1. The Balaban J connectivity index is 3.76. The van der Waals surface area contributed by atoms with Crippen LogP contribution in [0.2, 0.25) is 0 Å². The molecule has 0 aliphatic heterocycles. The highest BCUT2D eigenvalue weighted by Gasteiger charge is 2.16. The molecule has 5 heteroatoms. The largest absolute Gasteiger partial charge is 0.461 e. The number of carbonyl (C=O) groups is 2. The summed E-state index contributed by atoms with van der Waals surface area (Å²) in [6.07, 6.45) is -0.864. The van der Waals surface area contributed by atoms with Crippen molar-refractivity contribution in [2.24, 2.45) is 0 Å². The molecule has 88 valence electrons. The molecule has 1 N–H and O–H groups in total. The van der Waals surface area contributed by atoms with Crippen molar-refractivity contribution in [3.8, 4) is 0 Å². The van der Waals surface area contributed by atoms with Crippen LogP contribution < -0.4 is 5.32 Å². The van der Waals surface area contributed by atoms with Crippen molar-refractivity contribution < 1.29 is 19.1 Å². The van der Waals surface area contributed by atoms with Gasteiger partial charge in [0.15, 0.2) is 0 Å². The number of amides is 1. The number of alkyl carbamates (subject to hydrolysis) is 1. The van der Waals surface area contributed by atoms with Crippen molar-refractivity contribution in [2.45, 2.75) is 46.3 Å². The maximum Gasteiger partial charge on any atom is 0.407 e. The summed E-state index contributed by atoms with van der Waals surface area (Å²) in [5.41, 5.74) is -0.519. The van der Waals surface area contributed by atoms with Gasteiger partial charge in [0, 0.05) is 6.92 Å². The van der Waals surface area contributed by atoms with Crippen molar-refractivity contribution in [2.75, 3.05) is 6.54 Å². The minimum Gasteiger partial charge on any atom is -0.461 e. The monoisotopic (exact) mass is 217 g/mol. The summed E-state index contributed by atoms with van der Waals surface area (Å²) in [6, 6.07) is 0. The van der Waals surface area contributed by atoms with Gasteiger partial charge in [-0.25, -0.2) is 4.79 Å². The maximum atomic E-state index is 11.2. The molecule has 15 heavy (non-hydrogen) atoms. The van der Waals surface area contributed by atoms with Crippen LogP contribution in [0, 0.1) is 0 Å². The third kappa shape index (κ3) is 9.05. The van der Waals surface area contributed by atoms with E-state index >= 15 is 0 Å². The summed E-state index contributed by atoms with van der Waals surface area (Å²) >= 11 is 0. The molecule has 0 saturated heterocycles. The van der Waals surface area contributed by atoms with Gasteiger partial charge < -0.3 is 14.8 Å². The lowest BCUT2D eigenvalue weighted by atomic mass is 10.2. The number of ether oxygens (including phenoxy) is 2. The Morgan fingerprint density at radius 3 is 2.27 bits per heavy atom. The van der Waals surface area contributed by atoms with Crippen LogP contribution in [0.4, 0.5) is 4.79 Å². The van der Waals surface area contributed by atoms with Crippen LogP contribution in [0.5, 0.6) is 0 Å². The van der Waals surface area contributed by atoms with Gasteiger partial charge in [-0.1, -0.05) is 0 Å². The molecule has 0 fully saturated rings. The Morgan fingerprint density at radius 2 is 1.87 bits per heavy atom. The molecule has 0 saturated carbocycles. The van der Waals surface area contributed by atoms with Crippen molar-refractivity contribution >= 4 is 12.1 Å². The molecular formula is C10H19NO4. The van der Waals surface area contributed by atoms with Gasteiger partial charge >= 0.3 is 12.1 Å². The van der Waals surface area contributed by atoms with E-state index in [1.807, 2.05) is 0 Å². The van der Waals surface area contributed by atoms with Gasteiger partial charge in [-0.3, -0.25) is 4.79 Å². The van der Waals surface area contributed by atoms with E-state index in [-0.39, 0.29) is 18.6 Å². The molecule has 1 atom stereocenters. The molecular weight excluding hydrogens is 198 g/mol. The van der Waals surface area contributed by atoms with Gasteiger partial charge in [0.2, 0.25) is 0 Å². The highest BCUT2D eigenvalue weighted by molar-refractivity contribution is 5.68. The van der Waals surface area contributed by atoms with Crippen molar-refractivity contribution in [3.05, 3.63) is 0 Å². The van der Waals surface area contributed by atoms with Crippen LogP contribution in [-0.4, -0.2) is 30.3 Å². The molecule has 1 unspecified atom stereocenters. The number of nitrogens with one attached hydrogen (secondary N) is 1. The highest BCUT2D eigenvalue weighted by atomic mass is 16.6. The summed E-state index contributed by atoms with van der Waals surface area (Å²) in [6.45, 7) is 8.60. The summed E-state index contributed by atoms with van der Waals surface area (Å²) < 4.78 is 9.82. The van der Waals surface area contributed by atoms with Gasteiger partial charge in [-0.05, 0) is 27.7 Å². The molecule has 0 aromatic rings. The first kappa shape index (κ1) is 13.7. The first-order chi connectivity index (χ1) is 6.70. The molecule has 0 spiro atoms. The molecule has 0 bridgehead atoms. The molecule has 0 heterocycles. The molecule has 0 radical (unpaired) electrons. The standard InChI is InChI=1S/C10H19NO4/c1-7(14-8(2)12)6-11-9(13)15-10(3,4)5/h7H,6H2,1-5H3,(H,11,13). The van der Waals surface area contributed by atoms with E-state index in [2.05, 4.69) is 5.32 Å². The Morgan fingerprint density at radius 1 is 1.33 bits per heavy atom. The zero-order chi connectivity index (χ0) is 12.1. The number of carbonyl (C=O) groups excluding carboxylic acids is 2. The molecule has 5 nitrogen and oxygen atoms in total. The normalized spacial score (nSPS) is 12.9. The van der Waals surface area contributed by atoms with Crippen molar-refractivity contribution in [3.63, 3.8) is 0 Å². The van der Waals surface area contributed by atoms with Crippen LogP contribution in [-0.2, 0) is 14.3 Å². The van der Waals surface area contributed by atoms with E-state index in [9.17, 15) is 9.59 Å². The van der Waals surface area contributed by atoms with Crippen LogP contribution in [0.3, 0.4) is 0 Å². The second-order valence-corrected chi connectivity index (χ2v) is 4.30. The third-order valence-corrected chi connectivity index (χ3v) is 1.30. The quantitative estimate of drug-likeness (QED) is 0.727. The van der Waals surface area contributed by atoms with Crippen LogP contribution in [0.1, 0.15) is 34.6 Å². The summed E-state index contributed by atoms with van der Waals surface area (Å²) in [5, 5.41) is 2.51. The van der Waals surface area contributed by atoms with E-state index in [0.29, 0.717) is 0 Å². The average Bonchev–Trinajstić information content (AvgIpc) is 1.96. The van der Waals surface area contributed by atoms with Gasteiger partial charge in [-0.15, -0.1) is 0 Å². The smallest absolute Gasteiger partial charge is 0.407 e. The van der Waals surface area contributed by atoms with Crippen molar-refractivity contribution in [1.82, 2.24) is 5.32 Å². The van der Waals surface area contributed by atoms with E-state index in [0.717, 1.165) is 0 Å². The lowest BCUT2D eigenvalue weighted by Gasteiger charge is -2.20. The number of hydrogen-bond donors (Lipinski definition) is 1. The first-order valence-corrected chi connectivity index (χ1v) is 4.85. The Kier molecular flexibility index (Phi) is 5.11. The zero-order valence-corrected chi connectivity index (χ0v) is 9.92. The fraction of sp³-hybridized carbons (Fsp3) is 0.800. The van der Waals surface area contributed by atoms with Gasteiger partial charge in [-0.2, -0.15) is 0 Å². The van der Waals surface area contributed by atoms with Crippen molar-refractivity contribution in [1.29, 1.82) is 0 Å². The van der Waals surface area contributed by atoms with E-state index < -0.39 is 11.7 Å².